The zero-order valence-corrected chi connectivity index (χ0v) is 14.0. The van der Waals surface area contributed by atoms with Crippen molar-refractivity contribution in [2.45, 2.75) is 39.0 Å². The molecule has 4 heteroatoms. The van der Waals surface area contributed by atoms with E-state index < -0.39 is 0 Å². The van der Waals surface area contributed by atoms with Crippen molar-refractivity contribution in [1.29, 1.82) is 0 Å². The molecule has 22 heavy (non-hydrogen) atoms. The number of aromatic amines is 1. The predicted molar refractivity (Wildman–Crippen MR) is 91.3 cm³/mol. The Hall–Kier alpha value is -1.48. The molecule has 2 heterocycles. The third kappa shape index (κ3) is 3.14. The first-order valence-corrected chi connectivity index (χ1v) is 8.46. The molecule has 1 amide bonds. The van der Waals surface area contributed by atoms with E-state index in [0.717, 1.165) is 36.5 Å². The standard InChI is InChI=1S/C18H23ClN2O/c1-12(2)9-18(22)21-7-5-13(6-8-21)16-11-20-17-10-14(19)3-4-15(16)17/h3-4,10-13,20H,5-9H2,1-2H3. The molecule has 1 N–H and O–H groups in total. The molecule has 118 valence electrons. The van der Waals surface area contributed by atoms with Gasteiger partial charge in [-0.2, -0.15) is 0 Å². The summed E-state index contributed by atoms with van der Waals surface area (Å²) >= 11 is 6.04. The van der Waals surface area contributed by atoms with E-state index in [2.05, 4.69) is 31.1 Å². The van der Waals surface area contributed by atoms with Crippen LogP contribution >= 0.6 is 11.6 Å². The zero-order valence-electron chi connectivity index (χ0n) is 13.2. The van der Waals surface area contributed by atoms with Gasteiger partial charge in [-0.3, -0.25) is 4.79 Å². The largest absolute Gasteiger partial charge is 0.361 e. The maximum absolute atomic E-state index is 12.2. The molecule has 0 saturated carbocycles. The highest BCUT2D eigenvalue weighted by Gasteiger charge is 2.25. The van der Waals surface area contributed by atoms with Gasteiger partial charge in [0.2, 0.25) is 5.91 Å². The molecule has 2 aromatic rings. The van der Waals surface area contributed by atoms with E-state index in [0.29, 0.717) is 24.2 Å². The molecule has 1 aliphatic rings. The topological polar surface area (TPSA) is 36.1 Å². The van der Waals surface area contributed by atoms with Gasteiger partial charge in [-0.25, -0.2) is 0 Å². The number of rotatable bonds is 3. The first-order valence-electron chi connectivity index (χ1n) is 8.09. The van der Waals surface area contributed by atoms with Crippen molar-refractivity contribution in [2.75, 3.05) is 13.1 Å². The maximum atomic E-state index is 12.2. The summed E-state index contributed by atoms with van der Waals surface area (Å²) in [5.41, 5.74) is 2.46. The Kier molecular flexibility index (Phi) is 4.44. The highest BCUT2D eigenvalue weighted by atomic mass is 35.5. The van der Waals surface area contributed by atoms with Crippen LogP contribution in [0.25, 0.3) is 10.9 Å². The highest BCUT2D eigenvalue weighted by Crippen LogP contribution is 2.34. The lowest BCUT2D eigenvalue weighted by molar-refractivity contribution is -0.133. The van der Waals surface area contributed by atoms with Crippen LogP contribution in [0.4, 0.5) is 0 Å². The van der Waals surface area contributed by atoms with Gasteiger partial charge in [-0.05, 0) is 42.4 Å². The van der Waals surface area contributed by atoms with Gasteiger partial charge in [-0.1, -0.05) is 31.5 Å². The second-order valence-electron chi connectivity index (χ2n) is 6.69. The van der Waals surface area contributed by atoms with E-state index in [4.69, 9.17) is 11.6 Å². The summed E-state index contributed by atoms with van der Waals surface area (Å²) in [7, 11) is 0. The number of likely N-dealkylation sites (tertiary alicyclic amines) is 1. The molecule has 0 radical (unpaired) electrons. The SMILES string of the molecule is CC(C)CC(=O)N1CCC(c2c[nH]c3cc(Cl)ccc23)CC1. The third-order valence-corrected chi connectivity index (χ3v) is 4.78. The third-order valence-electron chi connectivity index (χ3n) is 4.55. The summed E-state index contributed by atoms with van der Waals surface area (Å²) in [6.07, 6.45) is 4.85. The number of hydrogen-bond donors (Lipinski definition) is 1. The number of halogens is 1. The van der Waals surface area contributed by atoms with Gasteiger partial charge in [0.25, 0.3) is 0 Å². The summed E-state index contributed by atoms with van der Waals surface area (Å²) in [6, 6.07) is 6.02. The molecule has 1 aliphatic heterocycles. The average molecular weight is 319 g/mol. The number of carbonyl (C=O) groups is 1. The molecule has 0 unspecified atom stereocenters. The fourth-order valence-corrected chi connectivity index (χ4v) is 3.55. The van der Waals surface area contributed by atoms with Gasteiger partial charge in [0.15, 0.2) is 0 Å². The molecule has 0 spiro atoms. The average Bonchev–Trinajstić information content (AvgIpc) is 2.89. The van der Waals surface area contributed by atoms with Gasteiger partial charge in [0.05, 0.1) is 0 Å². The van der Waals surface area contributed by atoms with Crippen LogP contribution in [-0.4, -0.2) is 28.9 Å². The first-order chi connectivity index (χ1) is 10.5. The molecule has 0 atom stereocenters. The first kappa shape index (κ1) is 15.4. The van der Waals surface area contributed by atoms with Gasteiger partial charge in [0, 0.05) is 41.6 Å². The minimum absolute atomic E-state index is 0.305. The Morgan fingerprint density at radius 1 is 1.36 bits per heavy atom. The van der Waals surface area contributed by atoms with Gasteiger partial charge < -0.3 is 9.88 Å². The molecule has 3 nitrogen and oxygen atoms in total. The van der Waals surface area contributed by atoms with E-state index in [-0.39, 0.29) is 0 Å². The number of aromatic nitrogens is 1. The lowest BCUT2D eigenvalue weighted by atomic mass is 9.89. The summed E-state index contributed by atoms with van der Waals surface area (Å²) in [5.74, 6) is 1.26. The Morgan fingerprint density at radius 2 is 2.09 bits per heavy atom. The van der Waals surface area contributed by atoms with E-state index in [1.807, 2.05) is 17.0 Å². The second kappa shape index (κ2) is 6.33. The van der Waals surface area contributed by atoms with Crippen molar-refractivity contribution < 1.29 is 4.79 Å². The minimum Gasteiger partial charge on any atom is -0.361 e. The van der Waals surface area contributed by atoms with Crippen LogP contribution in [0.2, 0.25) is 5.02 Å². The maximum Gasteiger partial charge on any atom is 0.222 e. The molecular formula is C18H23ClN2O. The monoisotopic (exact) mass is 318 g/mol. The lowest BCUT2D eigenvalue weighted by Crippen LogP contribution is -2.38. The number of nitrogens with one attached hydrogen (secondary N) is 1. The molecule has 0 aliphatic carbocycles. The van der Waals surface area contributed by atoms with Crippen molar-refractivity contribution in [3.05, 3.63) is 35.0 Å². The zero-order chi connectivity index (χ0) is 15.7. The number of hydrogen-bond acceptors (Lipinski definition) is 1. The van der Waals surface area contributed by atoms with Crippen LogP contribution in [0.15, 0.2) is 24.4 Å². The number of nitrogens with zero attached hydrogens (tertiary/aromatic N) is 1. The van der Waals surface area contributed by atoms with Crippen molar-refractivity contribution in [1.82, 2.24) is 9.88 Å². The fraction of sp³-hybridized carbons (Fsp3) is 0.500. The quantitative estimate of drug-likeness (QED) is 0.884. The molecule has 3 rings (SSSR count). The molecule has 1 saturated heterocycles. The summed E-state index contributed by atoms with van der Waals surface area (Å²) in [5, 5.41) is 2.02. The van der Waals surface area contributed by atoms with Crippen LogP contribution in [0.1, 0.15) is 44.6 Å². The fourth-order valence-electron chi connectivity index (χ4n) is 3.38. The van der Waals surface area contributed by atoms with Gasteiger partial charge >= 0.3 is 0 Å². The minimum atomic E-state index is 0.305. The van der Waals surface area contributed by atoms with E-state index >= 15 is 0 Å². The van der Waals surface area contributed by atoms with Crippen LogP contribution in [0.3, 0.4) is 0 Å². The van der Waals surface area contributed by atoms with E-state index in [9.17, 15) is 4.79 Å². The predicted octanol–water partition coefficient (Wildman–Crippen LogP) is 4.57. The second-order valence-corrected chi connectivity index (χ2v) is 7.12. The molecule has 1 aromatic heterocycles. The number of benzene rings is 1. The number of fused-ring (bicyclic) bond motifs is 1. The molecule has 1 fully saturated rings. The normalized spacial score (nSPS) is 16.6. The number of piperidine rings is 1. The number of carbonyl (C=O) groups excluding carboxylic acids is 1. The number of amides is 1. The van der Waals surface area contributed by atoms with Crippen molar-refractivity contribution in [2.24, 2.45) is 5.92 Å². The Labute approximate surface area is 136 Å². The molecular weight excluding hydrogens is 296 g/mol. The molecule has 1 aromatic carbocycles. The highest BCUT2D eigenvalue weighted by molar-refractivity contribution is 6.31. The lowest BCUT2D eigenvalue weighted by Gasteiger charge is -2.32. The summed E-state index contributed by atoms with van der Waals surface area (Å²) < 4.78 is 0. The molecule has 0 bridgehead atoms. The van der Waals surface area contributed by atoms with Crippen molar-refractivity contribution in [3.63, 3.8) is 0 Å². The van der Waals surface area contributed by atoms with E-state index in [1.165, 1.54) is 10.9 Å². The van der Waals surface area contributed by atoms with Crippen LogP contribution in [-0.2, 0) is 4.79 Å². The van der Waals surface area contributed by atoms with Gasteiger partial charge in [0.1, 0.15) is 0 Å². The van der Waals surface area contributed by atoms with Crippen molar-refractivity contribution >= 4 is 28.4 Å². The van der Waals surface area contributed by atoms with Crippen LogP contribution in [0.5, 0.6) is 0 Å². The summed E-state index contributed by atoms with van der Waals surface area (Å²) in [6.45, 7) is 5.94. The summed E-state index contributed by atoms with van der Waals surface area (Å²) in [4.78, 5) is 17.5. The van der Waals surface area contributed by atoms with Crippen LogP contribution < -0.4 is 0 Å². The van der Waals surface area contributed by atoms with E-state index in [1.54, 1.807) is 0 Å². The Bertz CT molecular complexity index is 669. The van der Waals surface area contributed by atoms with Gasteiger partial charge in [-0.15, -0.1) is 0 Å². The Balaban J connectivity index is 1.69. The Morgan fingerprint density at radius 3 is 2.77 bits per heavy atom. The van der Waals surface area contributed by atoms with Crippen molar-refractivity contribution in [3.8, 4) is 0 Å². The smallest absolute Gasteiger partial charge is 0.222 e. The number of H-pyrrole nitrogens is 1. The van der Waals surface area contributed by atoms with Crippen LogP contribution in [0, 0.1) is 5.92 Å².